The summed E-state index contributed by atoms with van der Waals surface area (Å²) in [6.45, 7) is 4.27. The van der Waals surface area contributed by atoms with Crippen molar-refractivity contribution in [1.82, 2.24) is 4.90 Å². The molecule has 0 spiro atoms. The summed E-state index contributed by atoms with van der Waals surface area (Å²) in [7, 11) is 0. The second-order valence-corrected chi connectivity index (χ2v) is 4.02. The van der Waals surface area contributed by atoms with Crippen LogP contribution in [0.5, 0.6) is 0 Å². The fraction of sp³-hybridized carbons (Fsp3) is 1.00. The Labute approximate surface area is 84.8 Å². The monoisotopic (exact) mass is 201 g/mol. The fourth-order valence-electron chi connectivity index (χ4n) is 2.29. The van der Waals surface area contributed by atoms with E-state index in [1.165, 1.54) is 6.42 Å². The zero-order valence-corrected chi connectivity index (χ0v) is 8.52. The summed E-state index contributed by atoms with van der Waals surface area (Å²) in [5.41, 5.74) is 0. The van der Waals surface area contributed by atoms with Gasteiger partial charge >= 0.3 is 0 Å². The molecule has 2 aliphatic rings. The molecule has 2 atom stereocenters. The van der Waals surface area contributed by atoms with Crippen LogP contribution in [-0.2, 0) is 9.47 Å². The van der Waals surface area contributed by atoms with Crippen molar-refractivity contribution in [2.45, 2.75) is 24.9 Å². The number of hydrogen-bond acceptors (Lipinski definition) is 4. The molecular weight excluding hydrogens is 182 g/mol. The second-order valence-electron chi connectivity index (χ2n) is 4.02. The summed E-state index contributed by atoms with van der Waals surface area (Å²) in [6.07, 6.45) is 2.33. The van der Waals surface area contributed by atoms with Gasteiger partial charge in [-0.3, -0.25) is 4.90 Å². The molecular formula is C10H19NO3. The molecule has 82 valence electrons. The van der Waals surface area contributed by atoms with E-state index in [4.69, 9.17) is 9.47 Å². The largest absolute Gasteiger partial charge is 0.395 e. The Kier molecular flexibility index (Phi) is 3.75. The van der Waals surface area contributed by atoms with Crippen LogP contribution in [0.25, 0.3) is 0 Å². The maximum Gasteiger partial charge on any atom is 0.0645 e. The van der Waals surface area contributed by atoms with Crippen LogP contribution in [0.4, 0.5) is 0 Å². The quantitative estimate of drug-likeness (QED) is 0.675. The molecule has 0 amide bonds. The molecule has 0 aliphatic carbocycles. The molecule has 2 rings (SSSR count). The fourth-order valence-corrected chi connectivity index (χ4v) is 2.29. The minimum atomic E-state index is 0.176. The van der Waals surface area contributed by atoms with Crippen molar-refractivity contribution in [3.8, 4) is 0 Å². The van der Waals surface area contributed by atoms with Gasteiger partial charge in [-0.25, -0.2) is 0 Å². The highest BCUT2D eigenvalue weighted by Crippen LogP contribution is 2.18. The van der Waals surface area contributed by atoms with E-state index < -0.39 is 0 Å². The minimum absolute atomic E-state index is 0.176. The first-order valence-corrected chi connectivity index (χ1v) is 5.44. The lowest BCUT2D eigenvalue weighted by molar-refractivity contribution is -0.0772. The molecule has 0 radical (unpaired) electrons. The number of hydrogen-bond donors (Lipinski definition) is 1. The Balaban J connectivity index is 1.91. The first-order chi connectivity index (χ1) is 6.92. The van der Waals surface area contributed by atoms with Crippen molar-refractivity contribution < 1.29 is 14.6 Å². The minimum Gasteiger partial charge on any atom is -0.395 e. The Morgan fingerprint density at radius 2 is 2.07 bits per heavy atom. The number of aliphatic hydroxyl groups excluding tert-OH is 1. The first-order valence-electron chi connectivity index (χ1n) is 5.44. The van der Waals surface area contributed by atoms with Crippen LogP contribution < -0.4 is 0 Å². The van der Waals surface area contributed by atoms with Gasteiger partial charge in [-0.1, -0.05) is 0 Å². The van der Waals surface area contributed by atoms with Crippen molar-refractivity contribution in [2.24, 2.45) is 0 Å². The molecule has 2 heterocycles. The third-order valence-corrected chi connectivity index (χ3v) is 3.09. The highest BCUT2D eigenvalue weighted by atomic mass is 16.5. The maximum atomic E-state index is 9.23. The Hall–Kier alpha value is -0.160. The molecule has 0 bridgehead atoms. The van der Waals surface area contributed by atoms with Gasteiger partial charge in [-0.2, -0.15) is 0 Å². The lowest BCUT2D eigenvalue weighted by Crippen LogP contribution is -2.54. The normalized spacial score (nSPS) is 35.8. The van der Waals surface area contributed by atoms with Crippen molar-refractivity contribution in [3.63, 3.8) is 0 Å². The van der Waals surface area contributed by atoms with Crippen LogP contribution in [-0.4, -0.2) is 61.7 Å². The summed E-state index contributed by atoms with van der Waals surface area (Å²) < 4.78 is 10.8. The van der Waals surface area contributed by atoms with E-state index in [2.05, 4.69) is 4.90 Å². The van der Waals surface area contributed by atoms with E-state index in [1.54, 1.807) is 0 Å². The van der Waals surface area contributed by atoms with Crippen molar-refractivity contribution in [3.05, 3.63) is 0 Å². The highest BCUT2D eigenvalue weighted by Gasteiger charge is 2.29. The Morgan fingerprint density at radius 1 is 1.21 bits per heavy atom. The van der Waals surface area contributed by atoms with E-state index >= 15 is 0 Å². The summed E-state index contributed by atoms with van der Waals surface area (Å²) >= 11 is 0. The average molecular weight is 201 g/mol. The molecule has 0 saturated carbocycles. The van der Waals surface area contributed by atoms with Gasteiger partial charge in [0, 0.05) is 19.2 Å². The van der Waals surface area contributed by atoms with E-state index in [-0.39, 0.29) is 12.6 Å². The second kappa shape index (κ2) is 5.07. The van der Waals surface area contributed by atoms with Gasteiger partial charge in [-0.15, -0.1) is 0 Å². The molecule has 14 heavy (non-hydrogen) atoms. The lowest BCUT2D eigenvalue weighted by Gasteiger charge is -2.41. The SMILES string of the molecule is OCC1COCCN1C1CCCOC1. The molecule has 4 heteroatoms. The summed E-state index contributed by atoms with van der Waals surface area (Å²) in [5, 5.41) is 9.23. The number of nitrogens with zero attached hydrogens (tertiary/aromatic N) is 1. The molecule has 2 saturated heterocycles. The van der Waals surface area contributed by atoms with E-state index in [0.717, 1.165) is 32.8 Å². The first kappa shape index (κ1) is 10.4. The van der Waals surface area contributed by atoms with Gasteiger partial charge in [0.2, 0.25) is 0 Å². The van der Waals surface area contributed by atoms with Crippen LogP contribution in [0.3, 0.4) is 0 Å². The number of morpholine rings is 1. The van der Waals surface area contributed by atoms with Crippen LogP contribution >= 0.6 is 0 Å². The van der Waals surface area contributed by atoms with Crippen molar-refractivity contribution in [1.29, 1.82) is 0 Å². The third-order valence-electron chi connectivity index (χ3n) is 3.09. The summed E-state index contributed by atoms with van der Waals surface area (Å²) in [6, 6.07) is 0.667. The topological polar surface area (TPSA) is 41.9 Å². The van der Waals surface area contributed by atoms with Gasteiger partial charge in [0.25, 0.3) is 0 Å². The van der Waals surface area contributed by atoms with E-state index in [1.807, 2.05) is 0 Å². The van der Waals surface area contributed by atoms with Gasteiger partial charge in [0.05, 0.1) is 32.5 Å². The molecule has 0 aromatic heterocycles. The van der Waals surface area contributed by atoms with Crippen LogP contribution in [0.1, 0.15) is 12.8 Å². The molecule has 0 aromatic rings. The van der Waals surface area contributed by atoms with Gasteiger partial charge in [0.15, 0.2) is 0 Å². The predicted molar refractivity (Wildman–Crippen MR) is 52.2 cm³/mol. The summed E-state index contributed by atoms with van der Waals surface area (Å²) in [4.78, 5) is 2.35. The van der Waals surface area contributed by atoms with Crippen molar-refractivity contribution in [2.75, 3.05) is 39.6 Å². The van der Waals surface area contributed by atoms with Crippen LogP contribution in [0.15, 0.2) is 0 Å². The molecule has 2 unspecified atom stereocenters. The molecule has 2 fully saturated rings. The standard InChI is InChI=1S/C10H19NO3/c12-6-10-8-14-5-3-11(10)9-2-1-4-13-7-9/h9-10,12H,1-8H2. The van der Waals surface area contributed by atoms with E-state index in [0.29, 0.717) is 12.6 Å². The highest BCUT2D eigenvalue weighted by molar-refractivity contribution is 4.82. The van der Waals surface area contributed by atoms with Gasteiger partial charge < -0.3 is 14.6 Å². The molecule has 4 nitrogen and oxygen atoms in total. The van der Waals surface area contributed by atoms with Crippen molar-refractivity contribution >= 4 is 0 Å². The zero-order chi connectivity index (χ0) is 9.80. The van der Waals surface area contributed by atoms with Gasteiger partial charge in [-0.05, 0) is 12.8 Å². The smallest absolute Gasteiger partial charge is 0.0645 e. The average Bonchev–Trinajstić information content (AvgIpc) is 2.30. The Morgan fingerprint density at radius 3 is 2.79 bits per heavy atom. The predicted octanol–water partition coefficient (Wildman–Crippen LogP) is -0.141. The summed E-state index contributed by atoms with van der Waals surface area (Å²) in [5.74, 6) is 0. The number of rotatable bonds is 2. The van der Waals surface area contributed by atoms with Gasteiger partial charge in [0.1, 0.15) is 0 Å². The molecule has 0 aromatic carbocycles. The van der Waals surface area contributed by atoms with Crippen LogP contribution in [0, 0.1) is 0 Å². The lowest BCUT2D eigenvalue weighted by atomic mass is 10.1. The third kappa shape index (κ3) is 2.25. The maximum absolute atomic E-state index is 9.23. The molecule has 2 aliphatic heterocycles. The van der Waals surface area contributed by atoms with E-state index in [9.17, 15) is 5.11 Å². The number of ether oxygens (including phenoxy) is 2. The molecule has 1 N–H and O–H groups in total. The zero-order valence-electron chi connectivity index (χ0n) is 8.52. The Bertz CT molecular complexity index is 171. The van der Waals surface area contributed by atoms with Crippen LogP contribution in [0.2, 0.25) is 0 Å². The number of aliphatic hydroxyl groups is 1.